The van der Waals surface area contributed by atoms with Gasteiger partial charge in [-0.15, -0.1) is 0 Å². The van der Waals surface area contributed by atoms with Crippen LogP contribution in [0.2, 0.25) is 0 Å². The van der Waals surface area contributed by atoms with Gasteiger partial charge >= 0.3 is 0 Å². The first-order chi connectivity index (χ1) is 4.66. The highest BCUT2D eigenvalue weighted by atomic mass is 14.0. The van der Waals surface area contributed by atoms with E-state index in [2.05, 4.69) is 32.6 Å². The molecule has 1 unspecified atom stereocenters. The molecule has 0 aliphatic carbocycles. The van der Waals surface area contributed by atoms with Gasteiger partial charge in [0.25, 0.3) is 0 Å². The molecule has 0 rings (SSSR count). The van der Waals surface area contributed by atoms with Crippen LogP contribution >= 0.6 is 0 Å². The highest BCUT2D eigenvalue weighted by Gasteiger charge is 1.92. The molecule has 0 saturated carbocycles. The maximum atomic E-state index is 3.79. The lowest BCUT2D eigenvalue weighted by Gasteiger charge is -2.01. The molecule has 1 atom stereocenters. The van der Waals surface area contributed by atoms with Gasteiger partial charge in [0.2, 0.25) is 0 Å². The van der Waals surface area contributed by atoms with Crippen LogP contribution in [0.5, 0.6) is 0 Å². The fourth-order valence-electron chi connectivity index (χ4n) is 0.668. The average Bonchev–Trinajstić information content (AvgIpc) is 1.87. The Kier molecular flexibility index (Phi) is 5.00. The molecule has 0 aromatic heterocycles. The molecule has 0 saturated heterocycles. The molecule has 0 aliphatic heterocycles. The molecule has 0 radical (unpaired) electrons. The second-order valence-electron chi connectivity index (χ2n) is 3.00. The molecule has 0 bridgehead atoms. The van der Waals surface area contributed by atoms with Crippen molar-refractivity contribution in [2.75, 3.05) is 0 Å². The zero-order chi connectivity index (χ0) is 7.98. The van der Waals surface area contributed by atoms with Crippen LogP contribution in [0.3, 0.4) is 0 Å². The smallest absolute Gasteiger partial charge is 0.0322 e. The second-order valence-corrected chi connectivity index (χ2v) is 3.00. The van der Waals surface area contributed by atoms with Gasteiger partial charge in [-0.3, -0.25) is 0 Å². The summed E-state index contributed by atoms with van der Waals surface area (Å²) in [7, 11) is 0. The number of rotatable bonds is 4. The third-order valence-electron chi connectivity index (χ3n) is 1.64. The summed E-state index contributed by atoms with van der Waals surface area (Å²) in [6, 6.07) is 0. The van der Waals surface area contributed by atoms with E-state index >= 15 is 0 Å². The molecule has 0 amide bonds. The van der Waals surface area contributed by atoms with Crippen LogP contribution in [0, 0.1) is 5.92 Å². The van der Waals surface area contributed by atoms with Crippen LogP contribution in [0.15, 0.2) is 24.3 Å². The average molecular weight is 138 g/mol. The van der Waals surface area contributed by atoms with Gasteiger partial charge in [0, 0.05) is 0 Å². The molecule has 0 aromatic carbocycles. The summed E-state index contributed by atoms with van der Waals surface area (Å²) in [6.45, 7) is 10.3. The van der Waals surface area contributed by atoms with Crippen molar-refractivity contribution in [1.82, 2.24) is 0 Å². The van der Waals surface area contributed by atoms with Crippen LogP contribution in [0.1, 0.15) is 33.6 Å². The highest BCUT2D eigenvalue weighted by Crippen LogP contribution is 2.07. The lowest BCUT2D eigenvalue weighted by atomic mass is 10.0. The van der Waals surface area contributed by atoms with Gasteiger partial charge in [0.1, 0.15) is 0 Å². The Balaban J connectivity index is 3.43. The monoisotopic (exact) mass is 138 g/mol. The van der Waals surface area contributed by atoms with Gasteiger partial charge in [-0.25, -0.2) is 0 Å². The third kappa shape index (κ3) is 5.61. The summed E-state index contributed by atoms with van der Waals surface area (Å²) in [5.74, 6) is 0.815. The first-order valence-electron chi connectivity index (χ1n) is 3.98. The molecule has 10 heavy (non-hydrogen) atoms. The number of hydrogen-bond donors (Lipinski definition) is 0. The van der Waals surface area contributed by atoms with Crippen molar-refractivity contribution in [2.24, 2.45) is 5.92 Å². The largest absolute Gasteiger partial charge is 0.0961 e. The minimum Gasteiger partial charge on any atom is -0.0961 e. The van der Waals surface area contributed by atoms with Crippen molar-refractivity contribution in [3.63, 3.8) is 0 Å². The first kappa shape index (κ1) is 9.48. The van der Waals surface area contributed by atoms with Crippen molar-refractivity contribution in [3.8, 4) is 0 Å². The number of allylic oxidation sites excluding steroid dienone is 3. The second kappa shape index (κ2) is 5.28. The Morgan fingerprint density at radius 1 is 1.60 bits per heavy atom. The predicted molar refractivity (Wildman–Crippen MR) is 48.0 cm³/mol. The summed E-state index contributed by atoms with van der Waals surface area (Å²) in [4.78, 5) is 0. The van der Waals surface area contributed by atoms with Crippen LogP contribution in [0.25, 0.3) is 0 Å². The van der Waals surface area contributed by atoms with Crippen molar-refractivity contribution in [2.45, 2.75) is 33.6 Å². The molecule has 0 N–H and O–H groups in total. The molecule has 58 valence electrons. The third-order valence-corrected chi connectivity index (χ3v) is 1.64. The van der Waals surface area contributed by atoms with Gasteiger partial charge in [-0.1, -0.05) is 44.6 Å². The summed E-state index contributed by atoms with van der Waals surface area (Å²) >= 11 is 0. The lowest BCUT2D eigenvalue weighted by Crippen LogP contribution is -1.87. The summed E-state index contributed by atoms with van der Waals surface area (Å²) < 4.78 is 0. The fraction of sp³-hybridized carbons (Fsp3) is 0.600. The first-order valence-corrected chi connectivity index (χ1v) is 3.98. The number of hydrogen-bond acceptors (Lipinski definition) is 0. The SMILES string of the molecule is C=C(C)/C=C/CC(C)CC. The molecule has 0 fully saturated rings. The lowest BCUT2D eigenvalue weighted by molar-refractivity contribution is 0.572. The molecule has 0 aromatic rings. The normalized spacial score (nSPS) is 13.9. The van der Waals surface area contributed by atoms with Gasteiger partial charge in [-0.2, -0.15) is 0 Å². The van der Waals surface area contributed by atoms with Crippen molar-refractivity contribution >= 4 is 0 Å². The molecule has 0 spiro atoms. The van der Waals surface area contributed by atoms with Crippen molar-refractivity contribution < 1.29 is 0 Å². The van der Waals surface area contributed by atoms with E-state index in [1.807, 2.05) is 6.92 Å². The van der Waals surface area contributed by atoms with Gasteiger partial charge in [0.05, 0.1) is 0 Å². The van der Waals surface area contributed by atoms with Crippen LogP contribution in [-0.4, -0.2) is 0 Å². The Bertz CT molecular complexity index is 120. The van der Waals surface area contributed by atoms with E-state index in [4.69, 9.17) is 0 Å². The van der Waals surface area contributed by atoms with E-state index in [1.165, 1.54) is 12.8 Å². The Hall–Kier alpha value is -0.520. The maximum Gasteiger partial charge on any atom is -0.0322 e. The standard InChI is InChI=1S/C10H18/c1-5-10(4)8-6-7-9(2)3/h6-7,10H,2,5,8H2,1,3-4H3/b7-6+. The summed E-state index contributed by atoms with van der Waals surface area (Å²) in [5, 5.41) is 0. The quantitative estimate of drug-likeness (QED) is 0.521. The fourth-order valence-corrected chi connectivity index (χ4v) is 0.668. The predicted octanol–water partition coefficient (Wildman–Crippen LogP) is 3.55. The Morgan fingerprint density at radius 2 is 2.20 bits per heavy atom. The zero-order valence-electron chi connectivity index (χ0n) is 7.35. The Labute approximate surface area is 64.6 Å². The zero-order valence-corrected chi connectivity index (χ0v) is 7.35. The van der Waals surface area contributed by atoms with Gasteiger partial charge < -0.3 is 0 Å². The summed E-state index contributed by atoms with van der Waals surface area (Å²) in [5.41, 5.74) is 1.14. The summed E-state index contributed by atoms with van der Waals surface area (Å²) in [6.07, 6.45) is 6.74. The van der Waals surface area contributed by atoms with E-state index in [0.29, 0.717) is 0 Å². The maximum absolute atomic E-state index is 3.79. The highest BCUT2D eigenvalue weighted by molar-refractivity contribution is 5.10. The van der Waals surface area contributed by atoms with E-state index in [9.17, 15) is 0 Å². The van der Waals surface area contributed by atoms with Crippen LogP contribution in [-0.2, 0) is 0 Å². The molecular weight excluding hydrogens is 120 g/mol. The molecule has 0 nitrogen and oxygen atoms in total. The molecule has 0 heteroatoms. The van der Waals surface area contributed by atoms with Crippen LogP contribution in [0.4, 0.5) is 0 Å². The molecular formula is C10H18. The minimum atomic E-state index is 0.815. The van der Waals surface area contributed by atoms with E-state index < -0.39 is 0 Å². The minimum absolute atomic E-state index is 0.815. The van der Waals surface area contributed by atoms with E-state index in [1.54, 1.807) is 0 Å². The van der Waals surface area contributed by atoms with Crippen molar-refractivity contribution in [3.05, 3.63) is 24.3 Å². The van der Waals surface area contributed by atoms with E-state index in [0.717, 1.165) is 11.5 Å². The van der Waals surface area contributed by atoms with E-state index in [-0.39, 0.29) is 0 Å². The van der Waals surface area contributed by atoms with Crippen molar-refractivity contribution in [1.29, 1.82) is 0 Å². The van der Waals surface area contributed by atoms with Gasteiger partial charge in [0.15, 0.2) is 0 Å². The van der Waals surface area contributed by atoms with Gasteiger partial charge in [-0.05, 0) is 19.3 Å². The Morgan fingerprint density at radius 3 is 2.60 bits per heavy atom. The molecule has 0 heterocycles. The van der Waals surface area contributed by atoms with Crippen LogP contribution < -0.4 is 0 Å². The molecule has 0 aliphatic rings. The topological polar surface area (TPSA) is 0 Å².